The number of nitrogens with zero attached hydrogens (tertiary/aromatic N) is 2. The van der Waals surface area contributed by atoms with Gasteiger partial charge in [-0.1, -0.05) is 23.5 Å². The Labute approximate surface area is 172 Å². The third kappa shape index (κ3) is 4.25. The van der Waals surface area contributed by atoms with Crippen LogP contribution in [0.4, 0.5) is 5.13 Å². The lowest BCUT2D eigenvalue weighted by Crippen LogP contribution is -2.19. The highest BCUT2D eigenvalue weighted by atomic mass is 32.1. The van der Waals surface area contributed by atoms with Gasteiger partial charge < -0.3 is 19.4 Å². The summed E-state index contributed by atoms with van der Waals surface area (Å²) in [6.07, 6.45) is 4.22. The highest BCUT2D eigenvalue weighted by molar-refractivity contribution is 7.22. The molecule has 0 aliphatic carbocycles. The molecule has 0 unspecified atom stereocenters. The van der Waals surface area contributed by atoms with Crippen molar-refractivity contribution in [2.24, 2.45) is 0 Å². The van der Waals surface area contributed by atoms with Gasteiger partial charge in [-0.15, -0.1) is 0 Å². The Morgan fingerprint density at radius 2 is 1.76 bits per heavy atom. The first-order valence-corrected chi connectivity index (χ1v) is 9.99. The largest absolute Gasteiger partial charge is 0.497 e. The highest BCUT2D eigenvalue weighted by Gasteiger charge is 2.19. The molecule has 1 amide bonds. The quantitative estimate of drug-likeness (QED) is 0.481. The summed E-state index contributed by atoms with van der Waals surface area (Å²) in [7, 11) is 3.27. The van der Waals surface area contributed by atoms with E-state index < -0.39 is 0 Å². The number of aromatic nitrogens is 2. The molecule has 1 atom stereocenters. The lowest BCUT2D eigenvalue weighted by Gasteiger charge is -2.19. The first-order chi connectivity index (χ1) is 14.2. The van der Waals surface area contributed by atoms with Crippen molar-refractivity contribution in [3.63, 3.8) is 0 Å². The number of nitrogens with one attached hydrogen (secondary N) is 1. The number of carbonyl (C=O) groups is 1. The average Bonchev–Trinajstić information content (AvgIpc) is 3.41. The molecular formula is C22H21N3O3S. The molecule has 2 aromatic heterocycles. The summed E-state index contributed by atoms with van der Waals surface area (Å²) in [5.41, 5.74) is 1.87. The van der Waals surface area contributed by atoms with Crippen LogP contribution in [-0.2, 0) is 4.79 Å². The molecule has 0 saturated heterocycles. The second kappa shape index (κ2) is 8.36. The van der Waals surface area contributed by atoms with E-state index in [1.165, 1.54) is 11.3 Å². The molecule has 29 heavy (non-hydrogen) atoms. The summed E-state index contributed by atoms with van der Waals surface area (Å²) in [6.45, 7) is 0. The van der Waals surface area contributed by atoms with Crippen LogP contribution >= 0.6 is 11.3 Å². The minimum atomic E-state index is -0.120. The molecule has 1 N–H and O–H groups in total. The van der Waals surface area contributed by atoms with Crippen molar-refractivity contribution < 1.29 is 14.3 Å². The number of anilines is 1. The zero-order valence-corrected chi connectivity index (χ0v) is 17.0. The van der Waals surface area contributed by atoms with E-state index in [-0.39, 0.29) is 11.9 Å². The molecule has 0 fully saturated rings. The predicted octanol–water partition coefficient (Wildman–Crippen LogP) is 4.73. The summed E-state index contributed by atoms with van der Waals surface area (Å²) < 4.78 is 13.5. The first kappa shape index (κ1) is 19.0. The van der Waals surface area contributed by atoms with Gasteiger partial charge in [0.2, 0.25) is 5.91 Å². The number of amides is 1. The first-order valence-electron chi connectivity index (χ1n) is 9.17. The average molecular weight is 407 g/mol. The maximum atomic E-state index is 12.8. The van der Waals surface area contributed by atoms with Gasteiger partial charge in [-0.05, 0) is 48.0 Å². The van der Waals surface area contributed by atoms with E-state index in [0.717, 1.165) is 27.3 Å². The Hall–Kier alpha value is -3.32. The maximum absolute atomic E-state index is 12.8. The summed E-state index contributed by atoms with van der Waals surface area (Å²) in [6, 6.07) is 17.2. The lowest BCUT2D eigenvalue weighted by atomic mass is 10.0. The normalized spacial score (nSPS) is 11.9. The summed E-state index contributed by atoms with van der Waals surface area (Å²) in [5.74, 6) is 1.46. The molecule has 0 aliphatic rings. The predicted molar refractivity (Wildman–Crippen MR) is 115 cm³/mol. The minimum absolute atomic E-state index is 0.0921. The lowest BCUT2D eigenvalue weighted by molar-refractivity contribution is -0.116. The highest BCUT2D eigenvalue weighted by Crippen LogP contribution is 2.30. The standard InChI is InChI=1S/C22H21N3O3S/c1-27-16-7-5-15(6-8-16)19(25-11-3-4-12-25)14-21(26)24-22-23-18-10-9-17(28-2)13-20(18)29-22/h3-13,19H,14H2,1-2H3,(H,23,24,26)/t19-/m0/s1. The van der Waals surface area contributed by atoms with Crippen molar-refractivity contribution in [2.75, 3.05) is 19.5 Å². The topological polar surface area (TPSA) is 65.4 Å². The number of fused-ring (bicyclic) bond motifs is 1. The molecule has 2 heterocycles. The van der Waals surface area contributed by atoms with Crippen LogP contribution in [0, 0.1) is 0 Å². The molecule has 2 aromatic carbocycles. The van der Waals surface area contributed by atoms with Gasteiger partial charge in [0.25, 0.3) is 0 Å². The molecule has 6 nitrogen and oxygen atoms in total. The summed E-state index contributed by atoms with van der Waals surface area (Å²) >= 11 is 1.43. The molecular weight excluding hydrogens is 386 g/mol. The SMILES string of the molecule is COc1ccc([C@H](CC(=O)Nc2nc3ccc(OC)cc3s2)n2cccc2)cc1. The second-order valence-electron chi connectivity index (χ2n) is 6.52. The van der Waals surface area contributed by atoms with E-state index in [1.54, 1.807) is 14.2 Å². The smallest absolute Gasteiger partial charge is 0.228 e. The van der Waals surface area contributed by atoms with Gasteiger partial charge in [-0.2, -0.15) is 0 Å². The van der Waals surface area contributed by atoms with Gasteiger partial charge in [0.05, 0.1) is 36.9 Å². The van der Waals surface area contributed by atoms with Crippen LogP contribution in [0.3, 0.4) is 0 Å². The van der Waals surface area contributed by atoms with E-state index in [0.29, 0.717) is 11.6 Å². The van der Waals surface area contributed by atoms with Gasteiger partial charge in [-0.25, -0.2) is 4.98 Å². The molecule has 0 saturated carbocycles. The molecule has 4 rings (SSSR count). The van der Waals surface area contributed by atoms with E-state index in [9.17, 15) is 4.79 Å². The number of benzene rings is 2. The van der Waals surface area contributed by atoms with E-state index in [1.807, 2.05) is 71.6 Å². The maximum Gasteiger partial charge on any atom is 0.228 e. The summed E-state index contributed by atoms with van der Waals surface area (Å²) in [4.78, 5) is 17.3. The van der Waals surface area contributed by atoms with Gasteiger partial charge in [-0.3, -0.25) is 4.79 Å². The number of rotatable bonds is 7. The van der Waals surface area contributed by atoms with Crippen LogP contribution in [-0.4, -0.2) is 29.7 Å². The van der Waals surface area contributed by atoms with Crippen LogP contribution in [0.2, 0.25) is 0 Å². The Morgan fingerprint density at radius 3 is 2.45 bits per heavy atom. The number of carbonyl (C=O) groups excluding carboxylic acids is 1. The van der Waals surface area contributed by atoms with Crippen LogP contribution in [0.15, 0.2) is 67.0 Å². The van der Waals surface area contributed by atoms with Crippen molar-refractivity contribution in [1.29, 1.82) is 0 Å². The second-order valence-corrected chi connectivity index (χ2v) is 7.55. The van der Waals surface area contributed by atoms with Crippen molar-refractivity contribution >= 4 is 32.6 Å². The van der Waals surface area contributed by atoms with E-state index >= 15 is 0 Å². The number of ether oxygens (including phenoxy) is 2. The number of hydrogen-bond acceptors (Lipinski definition) is 5. The zero-order chi connectivity index (χ0) is 20.2. The van der Waals surface area contributed by atoms with Gasteiger partial charge in [0.15, 0.2) is 5.13 Å². The Balaban J connectivity index is 1.53. The molecule has 7 heteroatoms. The molecule has 0 spiro atoms. The van der Waals surface area contributed by atoms with Crippen LogP contribution in [0.25, 0.3) is 10.2 Å². The molecule has 0 radical (unpaired) electrons. The molecule has 0 bridgehead atoms. The van der Waals surface area contributed by atoms with Crippen molar-refractivity contribution in [3.8, 4) is 11.5 Å². The number of methoxy groups -OCH3 is 2. The third-order valence-corrected chi connectivity index (χ3v) is 5.64. The van der Waals surface area contributed by atoms with Crippen molar-refractivity contribution in [3.05, 3.63) is 72.6 Å². The minimum Gasteiger partial charge on any atom is -0.497 e. The van der Waals surface area contributed by atoms with Crippen LogP contribution < -0.4 is 14.8 Å². The number of hydrogen-bond donors (Lipinski definition) is 1. The van der Waals surface area contributed by atoms with Gasteiger partial charge in [0, 0.05) is 12.4 Å². The van der Waals surface area contributed by atoms with E-state index in [2.05, 4.69) is 10.3 Å². The molecule has 4 aromatic rings. The number of thiazole rings is 1. The Bertz CT molecular complexity index is 1100. The van der Waals surface area contributed by atoms with E-state index in [4.69, 9.17) is 9.47 Å². The fourth-order valence-electron chi connectivity index (χ4n) is 3.21. The third-order valence-electron chi connectivity index (χ3n) is 4.71. The Morgan fingerprint density at radius 1 is 1.07 bits per heavy atom. The zero-order valence-electron chi connectivity index (χ0n) is 16.2. The molecule has 148 valence electrons. The van der Waals surface area contributed by atoms with Gasteiger partial charge >= 0.3 is 0 Å². The Kier molecular flexibility index (Phi) is 5.48. The fraction of sp³-hybridized carbons (Fsp3) is 0.182. The van der Waals surface area contributed by atoms with Crippen molar-refractivity contribution in [1.82, 2.24) is 9.55 Å². The van der Waals surface area contributed by atoms with Crippen LogP contribution in [0.1, 0.15) is 18.0 Å². The van der Waals surface area contributed by atoms with Crippen LogP contribution in [0.5, 0.6) is 11.5 Å². The van der Waals surface area contributed by atoms with Gasteiger partial charge in [0.1, 0.15) is 11.5 Å². The summed E-state index contributed by atoms with van der Waals surface area (Å²) in [5, 5.41) is 3.53. The van der Waals surface area contributed by atoms with Crippen molar-refractivity contribution in [2.45, 2.75) is 12.5 Å². The fourth-order valence-corrected chi connectivity index (χ4v) is 4.12. The monoisotopic (exact) mass is 407 g/mol. The molecule has 0 aliphatic heterocycles.